The molecular formula is C14H24N2O4. The number of carbonyl (C=O) groups excluding carboxylic acids is 2. The third kappa shape index (κ3) is 3.30. The lowest BCUT2D eigenvalue weighted by atomic mass is 9.95. The van der Waals surface area contributed by atoms with E-state index in [2.05, 4.69) is 5.32 Å². The van der Waals surface area contributed by atoms with Gasteiger partial charge in [-0.05, 0) is 32.6 Å². The second-order valence-electron chi connectivity index (χ2n) is 6.00. The largest absolute Gasteiger partial charge is 0.382 e. The van der Waals surface area contributed by atoms with Crippen molar-refractivity contribution in [3.05, 3.63) is 0 Å². The number of methoxy groups -OCH3 is 1. The standard InChI is InChI=1S/C14H24N2O4/c1-14(2)13(18)16(6-7-20-9-8-19-3)11(10-4-5-10)12(17)15-14/h10-11H,4-9H2,1-3H3,(H,15,17). The first-order valence-corrected chi connectivity index (χ1v) is 7.17. The summed E-state index contributed by atoms with van der Waals surface area (Å²) in [5.41, 5.74) is -0.824. The van der Waals surface area contributed by atoms with Crippen LogP contribution in [0.5, 0.6) is 0 Å². The molecule has 1 saturated heterocycles. The van der Waals surface area contributed by atoms with E-state index in [1.165, 1.54) is 0 Å². The Kier molecular flexibility index (Phi) is 4.65. The molecule has 114 valence electrons. The lowest BCUT2D eigenvalue weighted by Crippen LogP contribution is -2.69. The highest BCUT2D eigenvalue weighted by Gasteiger charge is 2.50. The van der Waals surface area contributed by atoms with Crippen LogP contribution >= 0.6 is 0 Å². The van der Waals surface area contributed by atoms with Gasteiger partial charge in [-0.15, -0.1) is 0 Å². The van der Waals surface area contributed by atoms with Gasteiger partial charge >= 0.3 is 0 Å². The number of nitrogens with zero attached hydrogens (tertiary/aromatic N) is 1. The molecule has 2 fully saturated rings. The quantitative estimate of drug-likeness (QED) is 0.677. The van der Waals surface area contributed by atoms with E-state index in [4.69, 9.17) is 9.47 Å². The van der Waals surface area contributed by atoms with Crippen LogP contribution in [0.3, 0.4) is 0 Å². The Morgan fingerprint density at radius 2 is 1.95 bits per heavy atom. The minimum absolute atomic E-state index is 0.0238. The molecule has 1 atom stereocenters. The van der Waals surface area contributed by atoms with Gasteiger partial charge in [0.05, 0.1) is 19.8 Å². The minimum Gasteiger partial charge on any atom is -0.382 e. The van der Waals surface area contributed by atoms with Gasteiger partial charge in [0.2, 0.25) is 11.8 Å². The molecule has 1 unspecified atom stereocenters. The molecule has 0 aromatic heterocycles. The Hall–Kier alpha value is -1.14. The topological polar surface area (TPSA) is 67.9 Å². The summed E-state index contributed by atoms with van der Waals surface area (Å²) in [5, 5.41) is 2.83. The van der Waals surface area contributed by atoms with Crippen molar-refractivity contribution in [3.8, 4) is 0 Å². The molecule has 1 saturated carbocycles. The van der Waals surface area contributed by atoms with Gasteiger partial charge in [-0.1, -0.05) is 0 Å². The van der Waals surface area contributed by atoms with Crippen LogP contribution in [0.1, 0.15) is 26.7 Å². The van der Waals surface area contributed by atoms with Crippen LogP contribution in [0.25, 0.3) is 0 Å². The molecule has 0 aromatic rings. The molecule has 1 aliphatic heterocycles. The number of ether oxygens (including phenoxy) is 2. The van der Waals surface area contributed by atoms with Gasteiger partial charge in [-0.3, -0.25) is 9.59 Å². The summed E-state index contributed by atoms with van der Waals surface area (Å²) in [6, 6.07) is -0.318. The predicted molar refractivity (Wildman–Crippen MR) is 73.1 cm³/mol. The molecule has 2 aliphatic rings. The zero-order chi connectivity index (χ0) is 14.8. The van der Waals surface area contributed by atoms with Crippen molar-refractivity contribution in [1.82, 2.24) is 10.2 Å². The number of hydrogen-bond donors (Lipinski definition) is 1. The van der Waals surface area contributed by atoms with Gasteiger partial charge in [0.25, 0.3) is 0 Å². The predicted octanol–water partition coefficient (Wildman–Crippen LogP) is 0.165. The van der Waals surface area contributed by atoms with Crippen LogP contribution in [0, 0.1) is 5.92 Å². The third-order valence-corrected chi connectivity index (χ3v) is 3.81. The van der Waals surface area contributed by atoms with Crippen LogP contribution in [0.15, 0.2) is 0 Å². The zero-order valence-electron chi connectivity index (χ0n) is 12.5. The Morgan fingerprint density at radius 3 is 2.55 bits per heavy atom. The van der Waals surface area contributed by atoms with E-state index in [0.29, 0.717) is 32.3 Å². The fourth-order valence-electron chi connectivity index (χ4n) is 2.59. The highest BCUT2D eigenvalue weighted by molar-refractivity contribution is 5.99. The van der Waals surface area contributed by atoms with Crippen molar-refractivity contribution in [2.75, 3.05) is 33.5 Å². The average Bonchev–Trinajstić information content (AvgIpc) is 3.18. The van der Waals surface area contributed by atoms with E-state index in [-0.39, 0.29) is 17.9 Å². The van der Waals surface area contributed by atoms with Gasteiger partial charge in [0.1, 0.15) is 11.6 Å². The van der Waals surface area contributed by atoms with E-state index < -0.39 is 5.54 Å². The fraction of sp³-hybridized carbons (Fsp3) is 0.857. The number of piperazine rings is 1. The van der Waals surface area contributed by atoms with Crippen molar-refractivity contribution in [3.63, 3.8) is 0 Å². The Morgan fingerprint density at radius 1 is 1.25 bits per heavy atom. The second kappa shape index (κ2) is 6.10. The molecule has 6 heteroatoms. The molecule has 0 radical (unpaired) electrons. The van der Waals surface area contributed by atoms with Gasteiger partial charge in [-0.25, -0.2) is 0 Å². The van der Waals surface area contributed by atoms with E-state index in [1.54, 1.807) is 25.9 Å². The molecule has 2 amide bonds. The smallest absolute Gasteiger partial charge is 0.248 e. The third-order valence-electron chi connectivity index (χ3n) is 3.81. The monoisotopic (exact) mass is 284 g/mol. The van der Waals surface area contributed by atoms with E-state index in [9.17, 15) is 9.59 Å². The van der Waals surface area contributed by atoms with Gasteiger partial charge in [0.15, 0.2) is 0 Å². The number of amides is 2. The molecule has 1 N–H and O–H groups in total. The van der Waals surface area contributed by atoms with E-state index in [0.717, 1.165) is 12.8 Å². The molecule has 6 nitrogen and oxygen atoms in total. The summed E-state index contributed by atoms with van der Waals surface area (Å²) >= 11 is 0. The fourth-order valence-corrected chi connectivity index (χ4v) is 2.59. The van der Waals surface area contributed by atoms with E-state index >= 15 is 0 Å². The molecule has 20 heavy (non-hydrogen) atoms. The van der Waals surface area contributed by atoms with Gasteiger partial charge in [-0.2, -0.15) is 0 Å². The molecule has 1 heterocycles. The maximum Gasteiger partial charge on any atom is 0.248 e. The Bertz CT molecular complexity index is 379. The average molecular weight is 284 g/mol. The summed E-state index contributed by atoms with van der Waals surface area (Å²) < 4.78 is 10.3. The summed E-state index contributed by atoms with van der Waals surface area (Å²) in [5.74, 6) is 0.257. The Balaban J connectivity index is 1.96. The highest BCUT2D eigenvalue weighted by atomic mass is 16.5. The van der Waals surface area contributed by atoms with Crippen molar-refractivity contribution in [2.45, 2.75) is 38.3 Å². The minimum atomic E-state index is -0.824. The van der Waals surface area contributed by atoms with Crippen molar-refractivity contribution >= 4 is 11.8 Å². The summed E-state index contributed by atoms with van der Waals surface area (Å²) in [6.45, 7) is 5.42. The van der Waals surface area contributed by atoms with Crippen LogP contribution in [0.2, 0.25) is 0 Å². The van der Waals surface area contributed by atoms with Crippen molar-refractivity contribution in [2.24, 2.45) is 5.92 Å². The second-order valence-corrected chi connectivity index (χ2v) is 6.00. The van der Waals surface area contributed by atoms with E-state index in [1.807, 2.05) is 0 Å². The van der Waals surface area contributed by atoms with Crippen molar-refractivity contribution < 1.29 is 19.1 Å². The summed E-state index contributed by atoms with van der Waals surface area (Å²) in [6.07, 6.45) is 2.04. The highest BCUT2D eigenvalue weighted by Crippen LogP contribution is 2.37. The molecule has 0 bridgehead atoms. The Labute approximate surface area is 119 Å². The summed E-state index contributed by atoms with van der Waals surface area (Å²) in [4.78, 5) is 26.4. The maximum atomic E-state index is 12.5. The first-order valence-electron chi connectivity index (χ1n) is 7.17. The number of rotatable bonds is 7. The number of nitrogens with one attached hydrogen (secondary N) is 1. The SMILES string of the molecule is COCCOCCN1C(=O)C(C)(C)NC(=O)C1C1CC1. The zero-order valence-corrected chi connectivity index (χ0v) is 12.5. The van der Waals surface area contributed by atoms with Crippen LogP contribution < -0.4 is 5.32 Å². The number of carbonyl (C=O) groups is 2. The summed E-state index contributed by atoms with van der Waals surface area (Å²) in [7, 11) is 1.62. The lowest BCUT2D eigenvalue weighted by molar-refractivity contribution is -0.155. The molecule has 0 aromatic carbocycles. The van der Waals surface area contributed by atoms with Crippen LogP contribution in [0.4, 0.5) is 0 Å². The van der Waals surface area contributed by atoms with Crippen LogP contribution in [-0.2, 0) is 19.1 Å². The van der Waals surface area contributed by atoms with Gasteiger partial charge in [0, 0.05) is 13.7 Å². The number of hydrogen-bond acceptors (Lipinski definition) is 4. The van der Waals surface area contributed by atoms with Crippen molar-refractivity contribution in [1.29, 1.82) is 0 Å². The van der Waals surface area contributed by atoms with Gasteiger partial charge < -0.3 is 19.7 Å². The normalized spacial score (nSPS) is 25.8. The first kappa shape index (κ1) is 15.3. The molecular weight excluding hydrogens is 260 g/mol. The lowest BCUT2D eigenvalue weighted by Gasteiger charge is -2.43. The maximum absolute atomic E-state index is 12.5. The van der Waals surface area contributed by atoms with Crippen LogP contribution in [-0.4, -0.2) is 61.8 Å². The first-order chi connectivity index (χ1) is 9.47. The molecule has 1 aliphatic carbocycles. The molecule has 2 rings (SSSR count). The molecule has 0 spiro atoms.